The molecule has 0 atom stereocenters. The molecule has 3 rings (SSSR count). The van der Waals surface area contributed by atoms with E-state index in [1.807, 2.05) is 48.5 Å². The zero-order valence-electron chi connectivity index (χ0n) is 11.1. The van der Waals surface area contributed by atoms with Gasteiger partial charge in [0.15, 0.2) is 0 Å². The highest BCUT2D eigenvalue weighted by Crippen LogP contribution is 2.42. The summed E-state index contributed by atoms with van der Waals surface area (Å²) in [5.74, 6) is 1.51. The van der Waals surface area contributed by atoms with Crippen LogP contribution in [0.3, 0.4) is 0 Å². The molecule has 0 unspecified atom stereocenters. The molecule has 4 heteroatoms. The molecule has 1 heterocycles. The van der Waals surface area contributed by atoms with Gasteiger partial charge in [-0.25, -0.2) is 4.79 Å². The highest BCUT2D eigenvalue weighted by Gasteiger charge is 2.28. The number of benzene rings is 2. The van der Waals surface area contributed by atoms with Crippen LogP contribution in [-0.2, 0) is 4.74 Å². The third-order valence-corrected chi connectivity index (χ3v) is 3.22. The first-order valence-corrected chi connectivity index (χ1v) is 6.58. The molecule has 20 heavy (non-hydrogen) atoms. The average Bonchev–Trinajstić information content (AvgIpc) is 2.47. The Kier molecular flexibility index (Phi) is 3.29. The van der Waals surface area contributed by atoms with E-state index in [1.54, 1.807) is 6.92 Å². The van der Waals surface area contributed by atoms with Crippen molar-refractivity contribution in [3.63, 3.8) is 0 Å². The number of nitrogens with one attached hydrogen (secondary N) is 1. The van der Waals surface area contributed by atoms with E-state index in [0.717, 1.165) is 22.6 Å². The minimum absolute atomic E-state index is 0.254. The van der Waals surface area contributed by atoms with Gasteiger partial charge in [0, 0.05) is 11.1 Å². The summed E-state index contributed by atoms with van der Waals surface area (Å²) in [6, 6.07) is 15.1. The van der Waals surface area contributed by atoms with Crippen molar-refractivity contribution < 1.29 is 14.3 Å². The van der Waals surface area contributed by atoms with Gasteiger partial charge in [0.2, 0.25) is 0 Å². The molecular formula is C16H15NO3. The summed E-state index contributed by atoms with van der Waals surface area (Å²) in [4.78, 5) is 11.8. The summed E-state index contributed by atoms with van der Waals surface area (Å²) in [6.45, 7) is 2.13. The number of amides is 1. The van der Waals surface area contributed by atoms with Gasteiger partial charge in [-0.3, -0.25) is 0 Å². The Hall–Kier alpha value is -2.49. The molecule has 102 valence electrons. The smallest absolute Gasteiger partial charge is 0.407 e. The van der Waals surface area contributed by atoms with E-state index in [2.05, 4.69) is 5.32 Å². The van der Waals surface area contributed by atoms with Gasteiger partial charge in [0.1, 0.15) is 11.5 Å². The van der Waals surface area contributed by atoms with Crippen LogP contribution in [0.4, 0.5) is 4.79 Å². The Morgan fingerprint density at radius 1 is 1.10 bits per heavy atom. The Labute approximate surface area is 117 Å². The number of carbonyl (C=O) groups excluding carboxylic acids is 1. The number of rotatable bonds is 2. The van der Waals surface area contributed by atoms with Crippen molar-refractivity contribution in [2.24, 2.45) is 0 Å². The van der Waals surface area contributed by atoms with Crippen LogP contribution in [0, 0.1) is 0 Å². The lowest BCUT2D eigenvalue weighted by Crippen LogP contribution is -2.31. The predicted molar refractivity (Wildman–Crippen MR) is 75.0 cm³/mol. The third-order valence-electron chi connectivity index (χ3n) is 3.22. The lowest BCUT2D eigenvalue weighted by molar-refractivity contribution is 0.149. The molecule has 1 amide bonds. The first-order valence-electron chi connectivity index (χ1n) is 6.58. The highest BCUT2D eigenvalue weighted by molar-refractivity contribution is 5.70. The van der Waals surface area contributed by atoms with Gasteiger partial charge in [0.25, 0.3) is 0 Å². The van der Waals surface area contributed by atoms with Gasteiger partial charge >= 0.3 is 6.09 Å². The SMILES string of the molecule is CCOC(=O)NC1c2ccccc2Oc2ccccc21. The first-order chi connectivity index (χ1) is 9.79. The highest BCUT2D eigenvalue weighted by atomic mass is 16.5. The lowest BCUT2D eigenvalue weighted by atomic mass is 9.95. The standard InChI is InChI=1S/C16H15NO3/c1-2-19-16(18)17-15-11-7-3-5-9-13(11)20-14-10-6-4-8-12(14)15/h3-10,15H,2H2,1H3,(H,17,18). The van der Waals surface area contributed by atoms with E-state index in [0.29, 0.717) is 6.61 Å². The largest absolute Gasteiger partial charge is 0.457 e. The summed E-state index contributed by atoms with van der Waals surface area (Å²) in [5, 5.41) is 2.89. The van der Waals surface area contributed by atoms with Crippen molar-refractivity contribution >= 4 is 6.09 Å². The molecule has 2 aromatic rings. The number of ether oxygens (including phenoxy) is 2. The van der Waals surface area contributed by atoms with E-state index < -0.39 is 6.09 Å². The van der Waals surface area contributed by atoms with Crippen LogP contribution in [0.15, 0.2) is 48.5 Å². The molecule has 0 aliphatic carbocycles. The molecular weight excluding hydrogens is 254 g/mol. The fraction of sp³-hybridized carbons (Fsp3) is 0.188. The fourth-order valence-corrected chi connectivity index (χ4v) is 2.36. The predicted octanol–water partition coefficient (Wildman–Crippen LogP) is 3.63. The van der Waals surface area contributed by atoms with Gasteiger partial charge in [-0.2, -0.15) is 0 Å². The number of alkyl carbamates (subject to hydrolysis) is 1. The normalized spacial score (nSPS) is 12.8. The molecule has 0 saturated carbocycles. The van der Waals surface area contributed by atoms with Gasteiger partial charge in [-0.15, -0.1) is 0 Å². The fourth-order valence-electron chi connectivity index (χ4n) is 2.36. The monoisotopic (exact) mass is 269 g/mol. The van der Waals surface area contributed by atoms with E-state index in [9.17, 15) is 4.79 Å². The van der Waals surface area contributed by atoms with Crippen LogP contribution in [0.25, 0.3) is 0 Å². The Bertz CT molecular complexity index is 594. The molecule has 0 aromatic heterocycles. The van der Waals surface area contributed by atoms with Crippen LogP contribution in [-0.4, -0.2) is 12.7 Å². The van der Waals surface area contributed by atoms with Gasteiger partial charge < -0.3 is 14.8 Å². The first kappa shape index (κ1) is 12.5. The van der Waals surface area contributed by atoms with Gasteiger partial charge in [-0.1, -0.05) is 36.4 Å². The molecule has 0 fully saturated rings. The second-order valence-corrected chi connectivity index (χ2v) is 4.48. The van der Waals surface area contributed by atoms with Gasteiger partial charge in [0.05, 0.1) is 12.6 Å². The minimum atomic E-state index is -0.427. The number of para-hydroxylation sites is 2. The van der Waals surface area contributed by atoms with Crippen LogP contribution in [0.1, 0.15) is 24.1 Å². The molecule has 1 aliphatic heterocycles. The van der Waals surface area contributed by atoms with E-state index >= 15 is 0 Å². The number of fused-ring (bicyclic) bond motifs is 2. The maximum absolute atomic E-state index is 11.8. The maximum atomic E-state index is 11.8. The summed E-state index contributed by atoms with van der Waals surface area (Å²) >= 11 is 0. The van der Waals surface area contributed by atoms with Crippen molar-refractivity contribution in [1.82, 2.24) is 5.32 Å². The van der Waals surface area contributed by atoms with Crippen molar-refractivity contribution in [2.75, 3.05) is 6.61 Å². The van der Waals surface area contributed by atoms with Gasteiger partial charge in [-0.05, 0) is 19.1 Å². The van der Waals surface area contributed by atoms with Crippen molar-refractivity contribution in [2.45, 2.75) is 13.0 Å². The van der Waals surface area contributed by atoms with E-state index in [1.165, 1.54) is 0 Å². The second-order valence-electron chi connectivity index (χ2n) is 4.48. The summed E-state index contributed by atoms with van der Waals surface area (Å²) in [7, 11) is 0. The number of hydrogen-bond acceptors (Lipinski definition) is 3. The quantitative estimate of drug-likeness (QED) is 0.905. The summed E-state index contributed by atoms with van der Waals surface area (Å²) < 4.78 is 10.8. The van der Waals surface area contributed by atoms with Crippen molar-refractivity contribution in [1.29, 1.82) is 0 Å². The molecule has 1 N–H and O–H groups in total. The lowest BCUT2D eigenvalue weighted by Gasteiger charge is -2.28. The van der Waals surface area contributed by atoms with E-state index in [4.69, 9.17) is 9.47 Å². The molecule has 1 aliphatic rings. The molecule has 0 spiro atoms. The zero-order valence-corrected chi connectivity index (χ0v) is 11.1. The molecule has 2 aromatic carbocycles. The van der Waals surface area contributed by atoms with Crippen LogP contribution < -0.4 is 10.1 Å². The molecule has 0 bridgehead atoms. The molecule has 0 radical (unpaired) electrons. The van der Waals surface area contributed by atoms with E-state index in [-0.39, 0.29) is 6.04 Å². The van der Waals surface area contributed by atoms with Crippen LogP contribution in [0.2, 0.25) is 0 Å². The minimum Gasteiger partial charge on any atom is -0.457 e. The summed E-state index contributed by atoms with van der Waals surface area (Å²) in [6.07, 6.45) is -0.427. The summed E-state index contributed by atoms with van der Waals surface area (Å²) in [5.41, 5.74) is 1.86. The Balaban J connectivity index is 2.01. The van der Waals surface area contributed by atoms with Crippen molar-refractivity contribution in [3.8, 4) is 11.5 Å². The Morgan fingerprint density at radius 3 is 2.20 bits per heavy atom. The Morgan fingerprint density at radius 2 is 1.65 bits per heavy atom. The average molecular weight is 269 g/mol. The third kappa shape index (κ3) is 2.20. The van der Waals surface area contributed by atoms with Crippen molar-refractivity contribution in [3.05, 3.63) is 59.7 Å². The molecule has 4 nitrogen and oxygen atoms in total. The number of carbonyl (C=O) groups is 1. The maximum Gasteiger partial charge on any atom is 0.407 e. The second kappa shape index (κ2) is 5.25. The van der Waals surface area contributed by atoms with Crippen LogP contribution in [0.5, 0.6) is 11.5 Å². The molecule has 0 saturated heterocycles. The topological polar surface area (TPSA) is 47.6 Å². The zero-order chi connectivity index (χ0) is 13.9. The van der Waals surface area contributed by atoms with Crippen LogP contribution >= 0.6 is 0 Å². The number of hydrogen-bond donors (Lipinski definition) is 1.